The Bertz CT molecular complexity index is 589. The molecule has 5 nitrogen and oxygen atoms in total. The molecule has 0 saturated heterocycles. The van der Waals surface area contributed by atoms with Crippen LogP contribution in [0.5, 0.6) is 0 Å². The molecule has 0 aliphatic carbocycles. The normalized spacial score (nSPS) is 13.8. The van der Waals surface area contributed by atoms with Crippen molar-refractivity contribution < 1.29 is 4.42 Å². The van der Waals surface area contributed by atoms with Crippen molar-refractivity contribution in [3.8, 4) is 0 Å². The third-order valence-electron chi connectivity index (χ3n) is 3.37. The number of anilines is 1. The van der Waals surface area contributed by atoms with Crippen LogP contribution in [-0.4, -0.2) is 14.8 Å². The first kappa shape index (κ1) is 13.6. The molecule has 2 aromatic rings. The zero-order valence-corrected chi connectivity index (χ0v) is 12.5. The minimum Gasteiger partial charge on any atom is -0.443 e. The molecule has 0 fully saturated rings. The fourth-order valence-electron chi connectivity index (χ4n) is 1.98. The van der Waals surface area contributed by atoms with Gasteiger partial charge < -0.3 is 10.2 Å². The van der Waals surface area contributed by atoms with Gasteiger partial charge in [-0.2, -0.15) is 5.10 Å². The van der Waals surface area contributed by atoms with Crippen molar-refractivity contribution in [2.45, 2.75) is 53.0 Å². The first-order valence-corrected chi connectivity index (χ1v) is 6.49. The molecule has 0 aliphatic heterocycles. The summed E-state index contributed by atoms with van der Waals surface area (Å²) >= 11 is 0. The van der Waals surface area contributed by atoms with E-state index in [1.54, 1.807) is 6.20 Å². The average Bonchev–Trinajstić information content (AvgIpc) is 2.89. The Morgan fingerprint density at radius 1 is 1.32 bits per heavy atom. The third kappa shape index (κ3) is 2.37. The molecule has 0 amide bonds. The molecule has 2 aromatic heterocycles. The molecule has 104 valence electrons. The lowest BCUT2D eigenvalue weighted by molar-refractivity contribution is 0.346. The summed E-state index contributed by atoms with van der Waals surface area (Å²) < 4.78 is 7.72. The highest BCUT2D eigenvalue weighted by Gasteiger charge is 2.23. The number of aromatic nitrogens is 3. The van der Waals surface area contributed by atoms with E-state index in [1.165, 1.54) is 0 Å². The molecule has 2 N–H and O–H groups in total. The highest BCUT2D eigenvalue weighted by atomic mass is 16.4. The van der Waals surface area contributed by atoms with Crippen molar-refractivity contribution in [3.05, 3.63) is 29.2 Å². The Morgan fingerprint density at radius 2 is 1.95 bits per heavy atom. The summed E-state index contributed by atoms with van der Waals surface area (Å²) in [5.74, 6) is 1.54. The number of nitrogen functional groups attached to an aromatic ring is 1. The number of rotatable bonds is 2. The zero-order valence-electron chi connectivity index (χ0n) is 12.5. The molecule has 0 spiro atoms. The predicted octanol–water partition coefficient (Wildman–Crippen LogP) is 2.98. The minimum atomic E-state index is -0.0629. The van der Waals surface area contributed by atoms with Crippen LogP contribution in [-0.2, 0) is 5.41 Å². The van der Waals surface area contributed by atoms with Gasteiger partial charge in [-0.3, -0.25) is 4.68 Å². The summed E-state index contributed by atoms with van der Waals surface area (Å²) in [5.41, 5.74) is 8.43. The second kappa shape index (κ2) is 4.40. The molecule has 2 heterocycles. The lowest BCUT2D eigenvalue weighted by Crippen LogP contribution is -2.12. The molecular weight excluding hydrogens is 240 g/mol. The molecule has 0 aliphatic rings. The van der Waals surface area contributed by atoms with Crippen molar-refractivity contribution >= 4 is 5.69 Å². The highest BCUT2D eigenvalue weighted by molar-refractivity contribution is 5.47. The first-order valence-electron chi connectivity index (χ1n) is 6.49. The molecule has 19 heavy (non-hydrogen) atoms. The van der Waals surface area contributed by atoms with Gasteiger partial charge in [-0.15, -0.1) is 0 Å². The quantitative estimate of drug-likeness (QED) is 0.903. The fourth-order valence-corrected chi connectivity index (χ4v) is 1.98. The molecule has 5 heteroatoms. The Labute approximate surface area is 113 Å². The van der Waals surface area contributed by atoms with E-state index in [-0.39, 0.29) is 11.5 Å². The summed E-state index contributed by atoms with van der Waals surface area (Å²) in [6, 6.07) is -0.0629. The molecule has 0 aromatic carbocycles. The van der Waals surface area contributed by atoms with E-state index >= 15 is 0 Å². The van der Waals surface area contributed by atoms with Gasteiger partial charge in [-0.05, 0) is 20.8 Å². The van der Waals surface area contributed by atoms with Crippen LogP contribution >= 0.6 is 0 Å². The van der Waals surface area contributed by atoms with Gasteiger partial charge in [0.2, 0.25) is 5.89 Å². The van der Waals surface area contributed by atoms with E-state index in [2.05, 4.69) is 30.9 Å². The lowest BCUT2D eigenvalue weighted by atomic mass is 9.94. The Hall–Kier alpha value is -1.78. The molecule has 0 unspecified atom stereocenters. The van der Waals surface area contributed by atoms with Crippen LogP contribution in [0.4, 0.5) is 5.69 Å². The largest absolute Gasteiger partial charge is 0.443 e. The van der Waals surface area contributed by atoms with E-state index in [1.807, 2.05) is 25.5 Å². The van der Waals surface area contributed by atoms with E-state index in [9.17, 15) is 0 Å². The van der Waals surface area contributed by atoms with Gasteiger partial charge in [0.15, 0.2) is 0 Å². The van der Waals surface area contributed by atoms with Crippen molar-refractivity contribution in [1.82, 2.24) is 14.8 Å². The topological polar surface area (TPSA) is 69.9 Å². The number of oxazole rings is 1. The molecule has 2 rings (SSSR count). The maximum absolute atomic E-state index is 5.96. The van der Waals surface area contributed by atoms with E-state index < -0.39 is 0 Å². The van der Waals surface area contributed by atoms with Crippen molar-refractivity contribution in [2.75, 3.05) is 5.73 Å². The van der Waals surface area contributed by atoms with Gasteiger partial charge >= 0.3 is 0 Å². The van der Waals surface area contributed by atoms with Crippen LogP contribution in [0.2, 0.25) is 0 Å². The summed E-state index contributed by atoms with van der Waals surface area (Å²) in [5, 5.41) is 4.45. The van der Waals surface area contributed by atoms with Gasteiger partial charge in [0.05, 0.1) is 23.3 Å². The number of aryl methyl sites for hydroxylation is 1. The van der Waals surface area contributed by atoms with Gasteiger partial charge in [0.25, 0.3) is 0 Å². The SMILES string of the molecule is Cc1nn([C@@H](C)c2ncc(C(C)(C)C)o2)c(C)c1N. The monoisotopic (exact) mass is 262 g/mol. The van der Waals surface area contributed by atoms with Crippen LogP contribution in [0.1, 0.15) is 56.8 Å². The fraction of sp³-hybridized carbons (Fsp3) is 0.571. The Balaban J connectivity index is 2.36. The third-order valence-corrected chi connectivity index (χ3v) is 3.37. The lowest BCUT2D eigenvalue weighted by Gasteiger charge is -2.14. The van der Waals surface area contributed by atoms with E-state index in [0.717, 1.165) is 22.8 Å². The second-order valence-electron chi connectivity index (χ2n) is 6.02. The summed E-state index contributed by atoms with van der Waals surface area (Å²) in [6.07, 6.45) is 1.79. The standard InChI is InChI=1S/C14H22N4O/c1-8-12(15)9(2)18(17-8)10(3)13-16-7-11(19-13)14(4,5)6/h7,10H,15H2,1-6H3/t10-/m0/s1. The smallest absolute Gasteiger partial charge is 0.218 e. The highest BCUT2D eigenvalue weighted by Crippen LogP contribution is 2.28. The molecule has 0 bridgehead atoms. The van der Waals surface area contributed by atoms with Crippen LogP contribution in [0.15, 0.2) is 10.6 Å². The second-order valence-corrected chi connectivity index (χ2v) is 6.02. The number of nitrogens with zero attached hydrogens (tertiary/aromatic N) is 3. The van der Waals surface area contributed by atoms with Gasteiger partial charge in [0, 0.05) is 5.41 Å². The van der Waals surface area contributed by atoms with Gasteiger partial charge in [0.1, 0.15) is 11.8 Å². The molecular formula is C14H22N4O. The number of hydrogen-bond acceptors (Lipinski definition) is 4. The molecule has 0 radical (unpaired) electrons. The Kier molecular flexibility index (Phi) is 3.16. The predicted molar refractivity (Wildman–Crippen MR) is 75.1 cm³/mol. The van der Waals surface area contributed by atoms with Crippen LogP contribution in [0, 0.1) is 13.8 Å². The van der Waals surface area contributed by atoms with Gasteiger partial charge in [-0.25, -0.2) is 4.98 Å². The van der Waals surface area contributed by atoms with Crippen LogP contribution < -0.4 is 5.73 Å². The maximum Gasteiger partial charge on any atom is 0.218 e. The van der Waals surface area contributed by atoms with Crippen LogP contribution in [0.3, 0.4) is 0 Å². The van der Waals surface area contributed by atoms with E-state index in [4.69, 9.17) is 10.2 Å². The van der Waals surface area contributed by atoms with Crippen LogP contribution in [0.25, 0.3) is 0 Å². The summed E-state index contributed by atoms with van der Waals surface area (Å²) in [6.45, 7) is 12.2. The average molecular weight is 262 g/mol. The minimum absolute atomic E-state index is 0.0426. The van der Waals surface area contributed by atoms with Crippen molar-refractivity contribution in [1.29, 1.82) is 0 Å². The molecule has 1 atom stereocenters. The van der Waals surface area contributed by atoms with Gasteiger partial charge in [-0.1, -0.05) is 20.8 Å². The first-order chi connectivity index (χ1) is 8.71. The number of hydrogen-bond donors (Lipinski definition) is 1. The van der Waals surface area contributed by atoms with Crippen molar-refractivity contribution in [2.24, 2.45) is 0 Å². The number of nitrogens with two attached hydrogens (primary N) is 1. The maximum atomic E-state index is 5.96. The molecule has 0 saturated carbocycles. The van der Waals surface area contributed by atoms with E-state index in [0.29, 0.717) is 5.89 Å². The zero-order chi connectivity index (χ0) is 14.4. The Morgan fingerprint density at radius 3 is 2.37 bits per heavy atom. The summed E-state index contributed by atoms with van der Waals surface area (Å²) in [7, 11) is 0. The summed E-state index contributed by atoms with van der Waals surface area (Å²) in [4.78, 5) is 4.37. The van der Waals surface area contributed by atoms with Crippen molar-refractivity contribution in [3.63, 3.8) is 0 Å².